The lowest BCUT2D eigenvalue weighted by Crippen LogP contribution is -2.40. The van der Waals surface area contributed by atoms with Gasteiger partial charge in [0, 0.05) is 6.07 Å². The van der Waals surface area contributed by atoms with E-state index < -0.39 is 11.5 Å². The van der Waals surface area contributed by atoms with Crippen LogP contribution in [0.5, 0.6) is 11.5 Å². The molecule has 100 valence electrons. The standard InChI is InChI=1S/C13H19NO4/c1-8-6-9(17-4)7-10(18-5)11(8)14-13(2,3)12(15)16/h6-7,14H,1-5H3,(H,15,16). The number of hydrogen-bond donors (Lipinski definition) is 2. The number of rotatable bonds is 5. The Labute approximate surface area is 107 Å². The van der Waals surface area contributed by atoms with Gasteiger partial charge in [0.15, 0.2) is 0 Å². The third-order valence-electron chi connectivity index (χ3n) is 2.70. The van der Waals surface area contributed by atoms with Crippen molar-refractivity contribution in [2.45, 2.75) is 26.3 Å². The second kappa shape index (κ2) is 5.16. The van der Waals surface area contributed by atoms with Crippen LogP contribution in [-0.4, -0.2) is 30.8 Å². The highest BCUT2D eigenvalue weighted by atomic mass is 16.5. The molecule has 0 aliphatic heterocycles. The quantitative estimate of drug-likeness (QED) is 0.842. The molecule has 0 saturated heterocycles. The predicted molar refractivity (Wildman–Crippen MR) is 69.6 cm³/mol. The van der Waals surface area contributed by atoms with Gasteiger partial charge in [-0.3, -0.25) is 0 Å². The molecule has 1 aromatic carbocycles. The highest BCUT2D eigenvalue weighted by Gasteiger charge is 2.28. The number of hydrogen-bond acceptors (Lipinski definition) is 4. The van der Waals surface area contributed by atoms with Crippen molar-refractivity contribution in [2.75, 3.05) is 19.5 Å². The fraction of sp³-hybridized carbons (Fsp3) is 0.462. The molecule has 1 aromatic rings. The van der Waals surface area contributed by atoms with E-state index in [2.05, 4.69) is 5.32 Å². The van der Waals surface area contributed by atoms with Gasteiger partial charge >= 0.3 is 5.97 Å². The molecule has 1 rings (SSSR count). The van der Waals surface area contributed by atoms with Crippen molar-refractivity contribution in [3.05, 3.63) is 17.7 Å². The van der Waals surface area contributed by atoms with Crippen molar-refractivity contribution < 1.29 is 19.4 Å². The van der Waals surface area contributed by atoms with Crippen LogP contribution in [0.15, 0.2) is 12.1 Å². The Bertz CT molecular complexity index is 455. The Balaban J connectivity index is 3.20. The molecule has 0 radical (unpaired) electrons. The van der Waals surface area contributed by atoms with E-state index in [4.69, 9.17) is 14.6 Å². The molecule has 18 heavy (non-hydrogen) atoms. The van der Waals surface area contributed by atoms with E-state index in [1.54, 1.807) is 27.0 Å². The van der Waals surface area contributed by atoms with Crippen molar-refractivity contribution in [2.24, 2.45) is 0 Å². The summed E-state index contributed by atoms with van der Waals surface area (Å²) in [5, 5.41) is 12.1. The summed E-state index contributed by atoms with van der Waals surface area (Å²) in [5.41, 5.74) is 0.443. The van der Waals surface area contributed by atoms with Crippen LogP contribution in [-0.2, 0) is 4.79 Å². The SMILES string of the molecule is COc1cc(C)c(NC(C)(C)C(=O)O)c(OC)c1. The monoisotopic (exact) mass is 253 g/mol. The molecule has 5 nitrogen and oxygen atoms in total. The van der Waals surface area contributed by atoms with Gasteiger partial charge in [-0.25, -0.2) is 4.79 Å². The predicted octanol–water partition coefficient (Wildman–Crippen LogP) is 2.29. The van der Waals surface area contributed by atoms with Crippen LogP contribution in [0.1, 0.15) is 19.4 Å². The Hall–Kier alpha value is -1.91. The fourth-order valence-corrected chi connectivity index (χ4v) is 1.53. The van der Waals surface area contributed by atoms with Crippen LogP contribution >= 0.6 is 0 Å². The Morgan fingerprint density at radius 2 is 1.89 bits per heavy atom. The van der Waals surface area contributed by atoms with Gasteiger partial charge in [0.1, 0.15) is 17.0 Å². The number of benzene rings is 1. The van der Waals surface area contributed by atoms with Gasteiger partial charge in [-0.2, -0.15) is 0 Å². The van der Waals surface area contributed by atoms with Crippen LogP contribution in [0.2, 0.25) is 0 Å². The number of carboxylic acids is 1. The Morgan fingerprint density at radius 1 is 1.28 bits per heavy atom. The summed E-state index contributed by atoms with van der Waals surface area (Å²) < 4.78 is 10.4. The van der Waals surface area contributed by atoms with Gasteiger partial charge in [-0.05, 0) is 32.4 Å². The molecule has 0 atom stereocenters. The van der Waals surface area contributed by atoms with Crippen molar-refractivity contribution in [3.8, 4) is 11.5 Å². The van der Waals surface area contributed by atoms with Crippen LogP contribution in [0, 0.1) is 6.92 Å². The van der Waals surface area contributed by atoms with Gasteiger partial charge in [-0.15, -0.1) is 0 Å². The molecule has 0 unspecified atom stereocenters. The van der Waals surface area contributed by atoms with E-state index in [0.717, 1.165) is 5.56 Å². The molecule has 0 aliphatic rings. The number of ether oxygens (including phenoxy) is 2. The lowest BCUT2D eigenvalue weighted by atomic mass is 10.0. The first-order valence-electron chi connectivity index (χ1n) is 5.56. The smallest absolute Gasteiger partial charge is 0.328 e. The summed E-state index contributed by atoms with van der Waals surface area (Å²) in [7, 11) is 3.11. The zero-order valence-electron chi connectivity index (χ0n) is 11.3. The molecule has 5 heteroatoms. The van der Waals surface area contributed by atoms with Gasteiger partial charge in [0.25, 0.3) is 0 Å². The average Bonchev–Trinajstić information content (AvgIpc) is 2.30. The summed E-state index contributed by atoms with van der Waals surface area (Å²) in [6.45, 7) is 5.06. The molecule has 0 spiro atoms. The number of aliphatic carboxylic acids is 1. The number of nitrogens with one attached hydrogen (secondary N) is 1. The number of anilines is 1. The molecule has 0 heterocycles. The summed E-state index contributed by atoms with van der Waals surface area (Å²) in [6.07, 6.45) is 0. The zero-order chi connectivity index (χ0) is 13.9. The molecule has 0 bridgehead atoms. The van der Waals surface area contributed by atoms with Crippen molar-refractivity contribution >= 4 is 11.7 Å². The molecule has 0 fully saturated rings. The fourth-order valence-electron chi connectivity index (χ4n) is 1.53. The van der Waals surface area contributed by atoms with E-state index in [1.165, 1.54) is 7.11 Å². The summed E-state index contributed by atoms with van der Waals surface area (Å²) in [6, 6.07) is 3.54. The van der Waals surface area contributed by atoms with E-state index >= 15 is 0 Å². The molecular weight excluding hydrogens is 234 g/mol. The number of aryl methyl sites for hydroxylation is 1. The molecule has 0 aromatic heterocycles. The number of methoxy groups -OCH3 is 2. The molecule has 2 N–H and O–H groups in total. The second-order valence-electron chi connectivity index (χ2n) is 4.58. The van der Waals surface area contributed by atoms with E-state index in [0.29, 0.717) is 17.2 Å². The minimum atomic E-state index is -1.08. The number of carboxylic acid groups (broad SMARTS) is 1. The van der Waals surface area contributed by atoms with Gasteiger partial charge < -0.3 is 19.9 Å². The first-order chi connectivity index (χ1) is 8.31. The van der Waals surface area contributed by atoms with E-state index in [9.17, 15) is 4.79 Å². The van der Waals surface area contributed by atoms with Crippen LogP contribution in [0.3, 0.4) is 0 Å². The maximum absolute atomic E-state index is 11.1. The highest BCUT2D eigenvalue weighted by Crippen LogP contribution is 2.34. The van der Waals surface area contributed by atoms with Gasteiger partial charge in [-0.1, -0.05) is 0 Å². The van der Waals surface area contributed by atoms with E-state index in [-0.39, 0.29) is 0 Å². The normalized spacial score (nSPS) is 10.9. The highest BCUT2D eigenvalue weighted by molar-refractivity contribution is 5.83. The maximum Gasteiger partial charge on any atom is 0.328 e. The lowest BCUT2D eigenvalue weighted by Gasteiger charge is -2.25. The minimum absolute atomic E-state index is 0.557. The molecule has 0 amide bonds. The first kappa shape index (κ1) is 14.2. The van der Waals surface area contributed by atoms with Crippen molar-refractivity contribution in [1.29, 1.82) is 0 Å². The Morgan fingerprint density at radius 3 is 2.33 bits per heavy atom. The first-order valence-corrected chi connectivity index (χ1v) is 5.56. The largest absolute Gasteiger partial charge is 0.497 e. The minimum Gasteiger partial charge on any atom is -0.497 e. The third-order valence-corrected chi connectivity index (χ3v) is 2.70. The zero-order valence-corrected chi connectivity index (χ0v) is 11.3. The van der Waals surface area contributed by atoms with Crippen LogP contribution in [0.4, 0.5) is 5.69 Å². The van der Waals surface area contributed by atoms with Gasteiger partial charge in [0.05, 0.1) is 19.9 Å². The molecular formula is C13H19NO4. The average molecular weight is 253 g/mol. The topological polar surface area (TPSA) is 67.8 Å². The maximum atomic E-state index is 11.1. The van der Waals surface area contributed by atoms with Gasteiger partial charge in [0.2, 0.25) is 0 Å². The van der Waals surface area contributed by atoms with E-state index in [1.807, 2.05) is 13.0 Å². The van der Waals surface area contributed by atoms with Crippen molar-refractivity contribution in [1.82, 2.24) is 0 Å². The van der Waals surface area contributed by atoms with Crippen LogP contribution in [0.25, 0.3) is 0 Å². The lowest BCUT2D eigenvalue weighted by molar-refractivity contribution is -0.141. The second-order valence-corrected chi connectivity index (χ2v) is 4.58. The molecule has 0 aliphatic carbocycles. The summed E-state index contributed by atoms with van der Waals surface area (Å²) in [4.78, 5) is 11.1. The third kappa shape index (κ3) is 2.85. The number of carbonyl (C=O) groups is 1. The summed E-state index contributed by atoms with van der Waals surface area (Å²) in [5.74, 6) is 0.295. The Kier molecular flexibility index (Phi) is 4.06. The van der Waals surface area contributed by atoms with Crippen molar-refractivity contribution in [3.63, 3.8) is 0 Å². The molecule has 0 saturated carbocycles. The summed E-state index contributed by atoms with van der Waals surface area (Å²) >= 11 is 0. The van der Waals surface area contributed by atoms with Crippen LogP contribution < -0.4 is 14.8 Å².